The van der Waals surface area contributed by atoms with Crippen molar-refractivity contribution in [1.29, 1.82) is 0 Å². The normalized spacial score (nSPS) is 13.9. The Balaban J connectivity index is 2.71. The molecule has 2 rings (SSSR count). The van der Waals surface area contributed by atoms with Gasteiger partial charge in [0.1, 0.15) is 6.04 Å². The van der Waals surface area contributed by atoms with Crippen LogP contribution >= 0.6 is 0 Å². The highest BCUT2D eigenvalue weighted by atomic mass is 19.4. The van der Waals surface area contributed by atoms with E-state index >= 15 is 0 Å². The van der Waals surface area contributed by atoms with E-state index in [1.165, 1.54) is 0 Å². The summed E-state index contributed by atoms with van der Waals surface area (Å²) in [5, 5.41) is 1.34. The summed E-state index contributed by atoms with van der Waals surface area (Å²) in [4.78, 5) is 0. The standard InChI is InChI=1S/C13H12F3N/c1-8-6-7-9-4-2-3-5-10(9)11(8)12(17)13(14,15)16/h2-7,12H,17H2,1H3. The van der Waals surface area contributed by atoms with Crippen LogP contribution in [0.5, 0.6) is 0 Å². The quantitative estimate of drug-likeness (QED) is 0.806. The van der Waals surface area contributed by atoms with Gasteiger partial charge in [0.05, 0.1) is 0 Å². The zero-order valence-electron chi connectivity index (χ0n) is 9.25. The van der Waals surface area contributed by atoms with Crippen LogP contribution in [0.1, 0.15) is 17.2 Å². The molecule has 1 unspecified atom stereocenters. The molecule has 0 aromatic heterocycles. The second kappa shape index (κ2) is 4.04. The maximum Gasteiger partial charge on any atom is 0.407 e. The third kappa shape index (κ3) is 2.13. The third-order valence-electron chi connectivity index (χ3n) is 2.85. The molecule has 0 saturated heterocycles. The summed E-state index contributed by atoms with van der Waals surface area (Å²) in [5.41, 5.74) is 6.04. The van der Waals surface area contributed by atoms with Gasteiger partial charge in [0, 0.05) is 0 Å². The summed E-state index contributed by atoms with van der Waals surface area (Å²) >= 11 is 0. The van der Waals surface area contributed by atoms with Crippen LogP contribution in [0, 0.1) is 6.92 Å². The SMILES string of the molecule is Cc1ccc2ccccc2c1C(N)C(F)(F)F. The van der Waals surface area contributed by atoms with E-state index in [0.29, 0.717) is 10.9 Å². The Morgan fingerprint density at radius 2 is 1.71 bits per heavy atom. The number of aryl methyl sites for hydroxylation is 1. The number of hydrogen-bond donors (Lipinski definition) is 1. The van der Waals surface area contributed by atoms with Gasteiger partial charge in [0.2, 0.25) is 0 Å². The molecule has 2 aromatic rings. The van der Waals surface area contributed by atoms with Gasteiger partial charge >= 0.3 is 6.18 Å². The molecule has 2 aromatic carbocycles. The molecule has 1 atom stereocenters. The molecular weight excluding hydrogens is 227 g/mol. The number of rotatable bonds is 1. The van der Waals surface area contributed by atoms with Crippen LogP contribution in [0.2, 0.25) is 0 Å². The Kier molecular flexibility index (Phi) is 2.83. The molecule has 0 saturated carbocycles. The van der Waals surface area contributed by atoms with Crippen molar-refractivity contribution >= 4 is 10.8 Å². The van der Waals surface area contributed by atoms with Crippen molar-refractivity contribution in [3.63, 3.8) is 0 Å². The monoisotopic (exact) mass is 239 g/mol. The molecule has 0 aliphatic carbocycles. The van der Waals surface area contributed by atoms with Crippen LogP contribution in [-0.2, 0) is 0 Å². The lowest BCUT2D eigenvalue weighted by atomic mass is 9.94. The van der Waals surface area contributed by atoms with Crippen molar-refractivity contribution in [2.45, 2.75) is 19.1 Å². The Labute approximate surface area is 97.0 Å². The molecule has 0 heterocycles. The molecule has 4 heteroatoms. The van der Waals surface area contributed by atoms with Gasteiger partial charge in [0.15, 0.2) is 0 Å². The molecule has 90 valence electrons. The molecule has 0 aliphatic rings. The van der Waals surface area contributed by atoms with E-state index in [4.69, 9.17) is 5.73 Å². The summed E-state index contributed by atoms with van der Waals surface area (Å²) in [6.45, 7) is 1.65. The first-order chi connectivity index (χ1) is 7.91. The minimum atomic E-state index is -4.42. The second-order valence-electron chi connectivity index (χ2n) is 4.04. The van der Waals surface area contributed by atoms with Gasteiger partial charge in [-0.1, -0.05) is 36.4 Å². The molecule has 2 N–H and O–H groups in total. The predicted octanol–water partition coefficient (Wildman–Crippen LogP) is 3.71. The highest BCUT2D eigenvalue weighted by Crippen LogP contribution is 2.36. The zero-order valence-corrected chi connectivity index (χ0v) is 9.25. The van der Waals surface area contributed by atoms with E-state index in [2.05, 4.69) is 0 Å². The predicted molar refractivity (Wildman–Crippen MR) is 61.7 cm³/mol. The number of nitrogens with two attached hydrogens (primary N) is 1. The van der Waals surface area contributed by atoms with Crippen molar-refractivity contribution in [3.8, 4) is 0 Å². The van der Waals surface area contributed by atoms with Gasteiger partial charge < -0.3 is 5.73 Å². The lowest BCUT2D eigenvalue weighted by Crippen LogP contribution is -2.29. The van der Waals surface area contributed by atoms with Gasteiger partial charge in [-0.3, -0.25) is 0 Å². The first kappa shape index (κ1) is 11.9. The second-order valence-corrected chi connectivity index (χ2v) is 4.04. The number of fused-ring (bicyclic) bond motifs is 1. The molecule has 0 bridgehead atoms. The average molecular weight is 239 g/mol. The van der Waals surface area contributed by atoms with Crippen molar-refractivity contribution < 1.29 is 13.2 Å². The van der Waals surface area contributed by atoms with Crippen molar-refractivity contribution in [3.05, 3.63) is 47.5 Å². The Morgan fingerprint density at radius 3 is 2.35 bits per heavy atom. The number of hydrogen-bond acceptors (Lipinski definition) is 1. The van der Waals surface area contributed by atoms with E-state index in [1.807, 2.05) is 0 Å². The van der Waals surface area contributed by atoms with E-state index in [0.717, 1.165) is 5.39 Å². The molecular formula is C13H12F3N. The molecule has 0 amide bonds. The molecule has 0 aliphatic heterocycles. The Morgan fingerprint density at radius 1 is 1.06 bits per heavy atom. The zero-order chi connectivity index (χ0) is 12.6. The van der Waals surface area contributed by atoms with Crippen LogP contribution in [0.4, 0.5) is 13.2 Å². The van der Waals surface area contributed by atoms with Crippen molar-refractivity contribution in [2.24, 2.45) is 5.73 Å². The fourth-order valence-electron chi connectivity index (χ4n) is 1.98. The maximum atomic E-state index is 12.7. The minimum Gasteiger partial charge on any atom is -0.316 e. The first-order valence-corrected chi connectivity index (χ1v) is 5.22. The Hall–Kier alpha value is -1.55. The molecule has 1 nitrogen and oxygen atoms in total. The van der Waals surface area contributed by atoms with Gasteiger partial charge in [-0.2, -0.15) is 13.2 Å². The third-order valence-corrected chi connectivity index (χ3v) is 2.85. The number of halogens is 3. The maximum absolute atomic E-state index is 12.7. The van der Waals surface area contributed by atoms with Crippen LogP contribution in [0.15, 0.2) is 36.4 Å². The molecule has 0 spiro atoms. The van der Waals surface area contributed by atoms with Crippen LogP contribution in [-0.4, -0.2) is 6.18 Å². The lowest BCUT2D eigenvalue weighted by Gasteiger charge is -2.20. The highest BCUT2D eigenvalue weighted by Gasteiger charge is 2.39. The smallest absolute Gasteiger partial charge is 0.316 e. The number of benzene rings is 2. The van der Waals surface area contributed by atoms with Crippen LogP contribution in [0.3, 0.4) is 0 Å². The number of alkyl halides is 3. The summed E-state index contributed by atoms with van der Waals surface area (Å²) < 4.78 is 38.2. The van der Waals surface area contributed by atoms with Crippen molar-refractivity contribution in [2.75, 3.05) is 0 Å². The molecule has 0 radical (unpaired) electrons. The molecule has 0 fully saturated rings. The first-order valence-electron chi connectivity index (χ1n) is 5.22. The van der Waals surface area contributed by atoms with E-state index in [9.17, 15) is 13.2 Å². The van der Waals surface area contributed by atoms with Crippen molar-refractivity contribution in [1.82, 2.24) is 0 Å². The topological polar surface area (TPSA) is 26.0 Å². The minimum absolute atomic E-state index is 0.163. The van der Waals surface area contributed by atoms with Crippen LogP contribution in [0.25, 0.3) is 10.8 Å². The Bertz CT molecular complexity index is 546. The fourth-order valence-corrected chi connectivity index (χ4v) is 1.98. The van der Waals surface area contributed by atoms with Crippen LogP contribution < -0.4 is 5.73 Å². The van der Waals surface area contributed by atoms with E-state index < -0.39 is 12.2 Å². The van der Waals surface area contributed by atoms with E-state index in [-0.39, 0.29) is 5.56 Å². The summed E-state index contributed by atoms with van der Waals surface area (Å²) in [5.74, 6) is 0. The summed E-state index contributed by atoms with van der Waals surface area (Å²) in [6, 6.07) is 8.49. The molecule has 17 heavy (non-hydrogen) atoms. The summed E-state index contributed by atoms with van der Waals surface area (Å²) in [7, 11) is 0. The highest BCUT2D eigenvalue weighted by molar-refractivity contribution is 5.87. The largest absolute Gasteiger partial charge is 0.407 e. The van der Waals surface area contributed by atoms with Gasteiger partial charge in [-0.25, -0.2) is 0 Å². The van der Waals surface area contributed by atoms with Gasteiger partial charge in [-0.05, 0) is 28.8 Å². The van der Waals surface area contributed by atoms with Gasteiger partial charge in [0.25, 0.3) is 0 Å². The van der Waals surface area contributed by atoms with Gasteiger partial charge in [-0.15, -0.1) is 0 Å². The van der Waals surface area contributed by atoms with E-state index in [1.54, 1.807) is 43.3 Å². The summed E-state index contributed by atoms with van der Waals surface area (Å²) in [6.07, 6.45) is -4.42. The fraction of sp³-hybridized carbons (Fsp3) is 0.231. The lowest BCUT2D eigenvalue weighted by molar-refractivity contribution is -0.149. The average Bonchev–Trinajstić information content (AvgIpc) is 2.27.